The highest BCUT2D eigenvalue weighted by Crippen LogP contribution is 2.18. The zero-order valence-electron chi connectivity index (χ0n) is 22.0. The predicted molar refractivity (Wildman–Crippen MR) is 144 cm³/mol. The lowest BCUT2D eigenvalue weighted by molar-refractivity contribution is -0.118. The quantitative estimate of drug-likeness (QED) is 0.375. The Morgan fingerprint density at radius 2 is 1.42 bits per heavy atom. The minimum Gasteiger partial charge on any atom is -0.497 e. The van der Waals surface area contributed by atoms with Crippen molar-refractivity contribution < 1.29 is 32.2 Å². The summed E-state index contributed by atoms with van der Waals surface area (Å²) in [7, 11) is -2.27. The van der Waals surface area contributed by atoms with Gasteiger partial charge in [-0.3, -0.25) is 4.79 Å². The molecule has 202 valence electrons. The fraction of sp³-hybridized carbons (Fsp3) is 0.310. The molecular formula is C29H33NO7S. The molecule has 0 fully saturated rings. The predicted octanol–water partition coefficient (Wildman–Crippen LogP) is 4.75. The smallest absolute Gasteiger partial charge is 0.408 e. The third-order valence-electron chi connectivity index (χ3n) is 5.44. The van der Waals surface area contributed by atoms with Crippen molar-refractivity contribution >= 4 is 21.7 Å². The summed E-state index contributed by atoms with van der Waals surface area (Å²) in [5.74, 6) is -0.00178. The molecule has 1 atom stereocenters. The van der Waals surface area contributed by atoms with E-state index in [2.05, 4.69) is 5.32 Å². The Morgan fingerprint density at radius 1 is 0.842 bits per heavy atom. The summed E-state index contributed by atoms with van der Waals surface area (Å²) >= 11 is 0. The maximum atomic E-state index is 13.1. The molecule has 0 unspecified atom stereocenters. The van der Waals surface area contributed by atoms with Crippen LogP contribution in [0.5, 0.6) is 11.5 Å². The molecule has 3 aromatic carbocycles. The summed E-state index contributed by atoms with van der Waals surface area (Å²) in [6.45, 7) is 5.47. The third-order valence-corrected chi connectivity index (χ3v) is 7.10. The second-order valence-corrected chi connectivity index (χ2v) is 11.7. The maximum absolute atomic E-state index is 13.1. The summed E-state index contributed by atoms with van der Waals surface area (Å²) in [6.07, 6.45) is -0.714. The van der Waals surface area contributed by atoms with Crippen LogP contribution >= 0.6 is 0 Å². The summed E-state index contributed by atoms with van der Waals surface area (Å²) in [5.41, 5.74) is 0.909. The first-order chi connectivity index (χ1) is 17.9. The zero-order chi connectivity index (χ0) is 27.8. The maximum Gasteiger partial charge on any atom is 0.408 e. The number of rotatable bonds is 11. The lowest BCUT2D eigenvalue weighted by atomic mass is 10.0. The second kappa shape index (κ2) is 12.6. The first-order valence-electron chi connectivity index (χ1n) is 12.1. The number of nitrogens with one attached hydrogen (secondary N) is 1. The Labute approximate surface area is 223 Å². The SMILES string of the molecule is COc1ccc(COc2ccc(C[C@H](NC(=O)OC(C)(C)C)C(=O)CS(=O)(=O)c3ccccc3)cc2)cc1. The van der Waals surface area contributed by atoms with Gasteiger partial charge < -0.3 is 19.5 Å². The number of hydrogen-bond acceptors (Lipinski definition) is 7. The van der Waals surface area contributed by atoms with E-state index in [1.807, 2.05) is 24.3 Å². The van der Waals surface area contributed by atoms with Crippen LogP contribution in [0.4, 0.5) is 4.79 Å². The van der Waals surface area contributed by atoms with Gasteiger partial charge in [0.15, 0.2) is 15.6 Å². The van der Waals surface area contributed by atoms with Crippen LogP contribution in [-0.2, 0) is 32.4 Å². The van der Waals surface area contributed by atoms with Gasteiger partial charge in [0, 0.05) is 0 Å². The number of carbonyl (C=O) groups is 2. The minimum absolute atomic E-state index is 0.0442. The number of ketones is 1. The van der Waals surface area contributed by atoms with Crippen LogP contribution in [0.1, 0.15) is 31.9 Å². The molecule has 0 saturated carbocycles. The molecule has 0 aromatic heterocycles. The highest BCUT2D eigenvalue weighted by molar-refractivity contribution is 7.92. The molecule has 0 aliphatic carbocycles. The monoisotopic (exact) mass is 539 g/mol. The van der Waals surface area contributed by atoms with Gasteiger partial charge in [0.1, 0.15) is 29.5 Å². The van der Waals surface area contributed by atoms with Crippen molar-refractivity contribution in [3.05, 3.63) is 90.0 Å². The standard InChI is InChI=1S/C29H33NO7S/c1-29(2,3)37-28(32)30-26(27(31)20-38(33,34)25-8-6-5-7-9-25)18-21-10-16-24(17-11-21)36-19-22-12-14-23(35-4)15-13-22/h5-17,26H,18-20H2,1-4H3,(H,30,32)/t26-/m0/s1. The summed E-state index contributed by atoms with van der Waals surface area (Å²) in [4.78, 5) is 25.6. The van der Waals surface area contributed by atoms with Crippen LogP contribution in [0.2, 0.25) is 0 Å². The van der Waals surface area contributed by atoms with Crippen molar-refractivity contribution in [2.75, 3.05) is 12.9 Å². The van der Waals surface area contributed by atoms with Gasteiger partial charge in [0.2, 0.25) is 0 Å². The number of benzene rings is 3. The fourth-order valence-corrected chi connectivity index (χ4v) is 4.85. The Hall–Kier alpha value is -3.85. The molecule has 3 rings (SSSR count). The normalized spacial score (nSPS) is 12.3. The molecule has 0 aliphatic rings. The minimum atomic E-state index is -3.88. The molecule has 8 nitrogen and oxygen atoms in total. The lowest BCUT2D eigenvalue weighted by Crippen LogP contribution is -2.46. The van der Waals surface area contributed by atoms with Crippen molar-refractivity contribution in [2.45, 2.75) is 50.3 Å². The van der Waals surface area contributed by atoms with Gasteiger partial charge in [0.25, 0.3) is 0 Å². The molecular weight excluding hydrogens is 506 g/mol. The highest BCUT2D eigenvalue weighted by atomic mass is 32.2. The van der Waals surface area contributed by atoms with Crippen LogP contribution in [0.15, 0.2) is 83.8 Å². The van der Waals surface area contributed by atoms with Gasteiger partial charge in [0.05, 0.1) is 18.0 Å². The van der Waals surface area contributed by atoms with Gasteiger partial charge >= 0.3 is 6.09 Å². The molecule has 0 aliphatic heterocycles. The average molecular weight is 540 g/mol. The Morgan fingerprint density at radius 3 is 2.00 bits per heavy atom. The lowest BCUT2D eigenvalue weighted by Gasteiger charge is -2.23. The summed E-state index contributed by atoms with van der Waals surface area (Å²) < 4.78 is 41.9. The highest BCUT2D eigenvalue weighted by Gasteiger charge is 2.29. The van der Waals surface area contributed by atoms with Crippen LogP contribution in [0.25, 0.3) is 0 Å². The zero-order valence-corrected chi connectivity index (χ0v) is 22.8. The van der Waals surface area contributed by atoms with Gasteiger partial charge in [-0.15, -0.1) is 0 Å². The van der Waals surface area contributed by atoms with Crippen LogP contribution in [0, 0.1) is 0 Å². The van der Waals surface area contributed by atoms with E-state index >= 15 is 0 Å². The molecule has 0 spiro atoms. The second-order valence-electron chi connectivity index (χ2n) is 9.72. The van der Waals surface area contributed by atoms with E-state index in [4.69, 9.17) is 14.2 Å². The van der Waals surface area contributed by atoms with Crippen molar-refractivity contribution in [1.29, 1.82) is 0 Å². The third kappa shape index (κ3) is 8.92. The molecule has 3 aromatic rings. The summed E-state index contributed by atoms with van der Waals surface area (Å²) in [5, 5.41) is 2.55. The van der Waals surface area contributed by atoms with E-state index in [1.165, 1.54) is 12.1 Å². The van der Waals surface area contributed by atoms with Gasteiger partial charge in [-0.1, -0.05) is 42.5 Å². The first-order valence-corrected chi connectivity index (χ1v) is 13.7. The number of hydrogen-bond donors (Lipinski definition) is 1. The average Bonchev–Trinajstić information content (AvgIpc) is 2.87. The molecule has 1 amide bonds. The molecule has 0 heterocycles. The molecule has 0 bridgehead atoms. The fourth-order valence-electron chi connectivity index (χ4n) is 3.54. The van der Waals surface area contributed by atoms with Crippen molar-refractivity contribution in [3.8, 4) is 11.5 Å². The first kappa shape index (κ1) is 28.7. The van der Waals surface area contributed by atoms with Crippen molar-refractivity contribution in [2.24, 2.45) is 0 Å². The number of amides is 1. The number of Topliss-reactive ketones (excluding diaryl/α,β-unsaturated/α-hetero) is 1. The van der Waals surface area contributed by atoms with Crippen molar-refractivity contribution in [1.82, 2.24) is 5.32 Å². The molecule has 1 N–H and O–H groups in total. The number of carbonyl (C=O) groups excluding carboxylic acids is 2. The van der Waals surface area contributed by atoms with Crippen LogP contribution in [-0.4, -0.2) is 44.8 Å². The van der Waals surface area contributed by atoms with Gasteiger partial charge in [-0.25, -0.2) is 13.2 Å². The Balaban J connectivity index is 1.70. The number of alkyl carbamates (subject to hydrolysis) is 1. The van der Waals surface area contributed by atoms with E-state index < -0.39 is 39.1 Å². The largest absolute Gasteiger partial charge is 0.497 e. The molecule has 38 heavy (non-hydrogen) atoms. The van der Waals surface area contributed by atoms with E-state index in [-0.39, 0.29) is 11.3 Å². The van der Waals surface area contributed by atoms with E-state index in [1.54, 1.807) is 70.3 Å². The van der Waals surface area contributed by atoms with E-state index in [0.29, 0.717) is 17.9 Å². The number of methoxy groups -OCH3 is 1. The molecule has 0 saturated heterocycles. The van der Waals surface area contributed by atoms with Crippen molar-refractivity contribution in [3.63, 3.8) is 0 Å². The van der Waals surface area contributed by atoms with E-state index in [0.717, 1.165) is 11.3 Å². The van der Waals surface area contributed by atoms with Crippen LogP contribution in [0.3, 0.4) is 0 Å². The van der Waals surface area contributed by atoms with Gasteiger partial charge in [-0.05, 0) is 74.7 Å². The van der Waals surface area contributed by atoms with E-state index in [9.17, 15) is 18.0 Å². The number of ether oxygens (including phenoxy) is 3. The Bertz CT molecular complexity index is 1310. The Kier molecular flexibility index (Phi) is 9.52. The van der Waals surface area contributed by atoms with Gasteiger partial charge in [-0.2, -0.15) is 0 Å². The number of sulfone groups is 1. The van der Waals surface area contributed by atoms with Crippen LogP contribution < -0.4 is 14.8 Å². The molecule has 0 radical (unpaired) electrons. The molecule has 9 heteroatoms. The summed E-state index contributed by atoms with van der Waals surface area (Å²) in [6, 6.07) is 21.2. The topological polar surface area (TPSA) is 108 Å².